The summed E-state index contributed by atoms with van der Waals surface area (Å²) in [5, 5.41) is 9.06. The molecule has 1 heteroatoms. The molecule has 0 amide bonds. The zero-order chi connectivity index (χ0) is 7.98. The Kier molecular flexibility index (Phi) is 4.95. The average Bonchev–Trinajstić information content (AvgIpc) is 2.00. The topological polar surface area (TPSA) is 20.2 Å². The Morgan fingerprint density at radius 2 is 2.10 bits per heavy atom. The van der Waals surface area contributed by atoms with Gasteiger partial charge in [0.05, 0.1) is 6.10 Å². The van der Waals surface area contributed by atoms with E-state index in [0.29, 0.717) is 0 Å². The maximum atomic E-state index is 9.06. The lowest BCUT2D eigenvalue weighted by Crippen LogP contribution is -2.07. The van der Waals surface area contributed by atoms with Crippen molar-refractivity contribution in [2.24, 2.45) is 0 Å². The largest absolute Gasteiger partial charge is 0.388 e. The van der Waals surface area contributed by atoms with Gasteiger partial charge in [-0.15, -0.1) is 0 Å². The summed E-state index contributed by atoms with van der Waals surface area (Å²) in [6.45, 7) is 5.94. The third-order valence-electron chi connectivity index (χ3n) is 1.38. The smallest absolute Gasteiger partial charge is 0.0784 e. The molecule has 1 aliphatic carbocycles. The quantitative estimate of drug-likeness (QED) is 0.547. The van der Waals surface area contributed by atoms with Gasteiger partial charge in [0.2, 0.25) is 0 Å². The molecule has 0 aliphatic heterocycles. The molecule has 1 rings (SSSR count). The Hall–Kier alpha value is -0.560. The number of rotatable bonds is 0. The van der Waals surface area contributed by atoms with Crippen LogP contribution in [0.3, 0.4) is 0 Å². The molecule has 0 saturated carbocycles. The zero-order valence-corrected chi connectivity index (χ0v) is 6.96. The van der Waals surface area contributed by atoms with E-state index in [-0.39, 0.29) is 6.10 Å². The van der Waals surface area contributed by atoms with Crippen LogP contribution in [0, 0.1) is 0 Å². The van der Waals surface area contributed by atoms with Gasteiger partial charge >= 0.3 is 0 Å². The third kappa shape index (κ3) is 2.83. The first-order chi connectivity index (χ1) is 4.80. The molecule has 0 aromatic heterocycles. The lowest BCUT2D eigenvalue weighted by Gasteiger charge is -2.10. The predicted molar refractivity (Wildman–Crippen MR) is 44.9 cm³/mol. The lowest BCUT2D eigenvalue weighted by molar-refractivity contribution is 0.213. The van der Waals surface area contributed by atoms with E-state index in [1.807, 2.05) is 39.0 Å². The van der Waals surface area contributed by atoms with E-state index in [1.54, 1.807) is 0 Å². The molecule has 1 aliphatic rings. The molecule has 1 atom stereocenters. The molecule has 0 unspecified atom stereocenters. The van der Waals surface area contributed by atoms with Gasteiger partial charge in [-0.2, -0.15) is 0 Å². The molecular formula is C9H16O. The molecule has 0 heterocycles. The van der Waals surface area contributed by atoms with Gasteiger partial charge in [-0.25, -0.2) is 0 Å². The van der Waals surface area contributed by atoms with Crippen LogP contribution < -0.4 is 0 Å². The van der Waals surface area contributed by atoms with Gasteiger partial charge in [-0.05, 0) is 18.9 Å². The monoisotopic (exact) mass is 140 g/mol. The van der Waals surface area contributed by atoms with Gasteiger partial charge in [0, 0.05) is 0 Å². The fraction of sp³-hybridized carbons (Fsp3) is 0.556. The number of hydrogen-bond donors (Lipinski definition) is 1. The summed E-state index contributed by atoms with van der Waals surface area (Å²) in [5.41, 5.74) is 1.06. The first-order valence-electron chi connectivity index (χ1n) is 3.82. The minimum Gasteiger partial charge on any atom is -0.388 e. The van der Waals surface area contributed by atoms with Crippen molar-refractivity contribution in [2.75, 3.05) is 0 Å². The van der Waals surface area contributed by atoms with E-state index >= 15 is 0 Å². The summed E-state index contributed by atoms with van der Waals surface area (Å²) in [5.74, 6) is 0. The van der Waals surface area contributed by atoms with Gasteiger partial charge in [0.25, 0.3) is 0 Å². The second kappa shape index (κ2) is 5.24. The molecule has 1 nitrogen and oxygen atoms in total. The van der Waals surface area contributed by atoms with Crippen LogP contribution in [-0.2, 0) is 0 Å². The Morgan fingerprint density at radius 3 is 2.40 bits per heavy atom. The van der Waals surface area contributed by atoms with Crippen LogP contribution in [0.2, 0.25) is 0 Å². The van der Waals surface area contributed by atoms with E-state index in [1.165, 1.54) is 0 Å². The highest BCUT2D eigenvalue weighted by Gasteiger charge is 2.04. The Labute approximate surface area is 63.1 Å². The summed E-state index contributed by atoms with van der Waals surface area (Å²) in [7, 11) is 0. The van der Waals surface area contributed by atoms with Gasteiger partial charge < -0.3 is 5.11 Å². The van der Waals surface area contributed by atoms with Crippen LogP contribution in [0.4, 0.5) is 0 Å². The van der Waals surface area contributed by atoms with Crippen LogP contribution in [-0.4, -0.2) is 11.2 Å². The van der Waals surface area contributed by atoms with Gasteiger partial charge in [0.1, 0.15) is 0 Å². The highest BCUT2D eigenvalue weighted by Crippen LogP contribution is 2.10. The zero-order valence-electron chi connectivity index (χ0n) is 6.96. The van der Waals surface area contributed by atoms with Crippen LogP contribution in [0.5, 0.6) is 0 Å². The standard InChI is InChI=1S/C7H10O.C2H6/c1-6-4-2-3-5-7(6)8;1-2/h2-4,7-8H,5H2,1H3;1-2H3/t7-;/m0./s1. The molecule has 58 valence electrons. The van der Waals surface area contributed by atoms with Crippen LogP contribution in [0.1, 0.15) is 27.2 Å². The van der Waals surface area contributed by atoms with Crippen molar-refractivity contribution in [3.8, 4) is 0 Å². The Morgan fingerprint density at radius 1 is 1.50 bits per heavy atom. The van der Waals surface area contributed by atoms with Crippen molar-refractivity contribution in [2.45, 2.75) is 33.3 Å². The second-order valence-electron chi connectivity index (χ2n) is 2.09. The van der Waals surface area contributed by atoms with Gasteiger partial charge in [0.15, 0.2) is 0 Å². The molecule has 0 saturated heterocycles. The Bertz CT molecular complexity index is 134. The SMILES string of the molecule is CC.CC1=CC=CC[C@@H]1O. The summed E-state index contributed by atoms with van der Waals surface area (Å²) in [6, 6.07) is 0. The average molecular weight is 140 g/mol. The maximum Gasteiger partial charge on any atom is 0.0784 e. The number of allylic oxidation sites excluding steroid dienone is 2. The van der Waals surface area contributed by atoms with E-state index in [9.17, 15) is 0 Å². The fourth-order valence-corrected chi connectivity index (χ4v) is 0.724. The van der Waals surface area contributed by atoms with E-state index in [0.717, 1.165) is 12.0 Å². The van der Waals surface area contributed by atoms with Crippen molar-refractivity contribution in [1.29, 1.82) is 0 Å². The van der Waals surface area contributed by atoms with E-state index in [2.05, 4.69) is 0 Å². The van der Waals surface area contributed by atoms with E-state index < -0.39 is 0 Å². The predicted octanol–water partition coefficient (Wildman–Crippen LogP) is 2.28. The minimum atomic E-state index is -0.222. The van der Waals surface area contributed by atoms with Crippen LogP contribution in [0.25, 0.3) is 0 Å². The fourth-order valence-electron chi connectivity index (χ4n) is 0.724. The number of aliphatic hydroxyl groups is 1. The number of aliphatic hydroxyl groups excluding tert-OH is 1. The molecule has 0 spiro atoms. The van der Waals surface area contributed by atoms with Crippen molar-refractivity contribution >= 4 is 0 Å². The van der Waals surface area contributed by atoms with Crippen molar-refractivity contribution in [1.82, 2.24) is 0 Å². The van der Waals surface area contributed by atoms with Gasteiger partial charge in [-0.3, -0.25) is 0 Å². The molecule has 0 bridgehead atoms. The molecule has 1 N–H and O–H groups in total. The molecule has 0 aromatic rings. The molecular weight excluding hydrogens is 124 g/mol. The van der Waals surface area contributed by atoms with Crippen LogP contribution in [0.15, 0.2) is 23.8 Å². The molecule has 10 heavy (non-hydrogen) atoms. The van der Waals surface area contributed by atoms with Crippen molar-refractivity contribution in [3.63, 3.8) is 0 Å². The van der Waals surface area contributed by atoms with Crippen molar-refractivity contribution < 1.29 is 5.11 Å². The third-order valence-corrected chi connectivity index (χ3v) is 1.38. The first kappa shape index (κ1) is 9.44. The maximum absolute atomic E-state index is 9.06. The summed E-state index contributed by atoms with van der Waals surface area (Å²) < 4.78 is 0. The highest BCUT2D eigenvalue weighted by atomic mass is 16.3. The summed E-state index contributed by atoms with van der Waals surface area (Å²) in [4.78, 5) is 0. The molecule has 0 fully saturated rings. The Balaban J connectivity index is 0.000000371. The lowest BCUT2D eigenvalue weighted by atomic mass is 10.0. The van der Waals surface area contributed by atoms with Crippen molar-refractivity contribution in [3.05, 3.63) is 23.8 Å². The normalized spacial score (nSPS) is 22.8. The first-order valence-corrected chi connectivity index (χ1v) is 3.82. The van der Waals surface area contributed by atoms with E-state index in [4.69, 9.17) is 5.11 Å². The summed E-state index contributed by atoms with van der Waals surface area (Å²) >= 11 is 0. The van der Waals surface area contributed by atoms with Gasteiger partial charge in [-0.1, -0.05) is 32.1 Å². The molecule has 0 radical (unpaired) electrons. The minimum absolute atomic E-state index is 0.222. The molecule has 0 aromatic carbocycles. The van der Waals surface area contributed by atoms with Crippen LogP contribution >= 0.6 is 0 Å². The number of hydrogen-bond acceptors (Lipinski definition) is 1. The summed E-state index contributed by atoms with van der Waals surface area (Å²) in [6.07, 6.45) is 6.44. The highest BCUT2D eigenvalue weighted by molar-refractivity contribution is 5.19. The second-order valence-corrected chi connectivity index (χ2v) is 2.09.